The molecule has 37 heavy (non-hydrogen) atoms. The van der Waals surface area contributed by atoms with Gasteiger partial charge >= 0.3 is 0 Å². The second kappa shape index (κ2) is 11.0. The van der Waals surface area contributed by atoms with Crippen LogP contribution in [0.2, 0.25) is 0 Å². The lowest BCUT2D eigenvalue weighted by atomic mass is 9.95. The van der Waals surface area contributed by atoms with Crippen molar-refractivity contribution in [3.05, 3.63) is 145 Å². The summed E-state index contributed by atoms with van der Waals surface area (Å²) in [5.74, 6) is 0. The molecule has 0 N–H and O–H groups in total. The van der Waals surface area contributed by atoms with Gasteiger partial charge in [0.25, 0.3) is 17.1 Å². The van der Waals surface area contributed by atoms with E-state index in [1.807, 2.05) is 0 Å². The maximum absolute atomic E-state index is 10.3. The topological polar surface area (TPSA) is 129 Å². The van der Waals surface area contributed by atoms with Crippen molar-refractivity contribution in [1.82, 2.24) is 0 Å². The van der Waals surface area contributed by atoms with Crippen LogP contribution in [0.4, 0.5) is 17.1 Å². The highest BCUT2D eigenvalue weighted by Crippen LogP contribution is 2.29. The number of fused-ring (bicyclic) bond motifs is 3. The Morgan fingerprint density at radius 3 is 1.62 bits per heavy atom. The second-order valence-electron chi connectivity index (χ2n) is 8.26. The molecule has 5 aromatic rings. The molecule has 0 saturated carbocycles. The van der Waals surface area contributed by atoms with E-state index in [0.717, 1.165) is 12.8 Å². The fourth-order valence-electron chi connectivity index (χ4n) is 4.14. The van der Waals surface area contributed by atoms with Crippen LogP contribution in [0.3, 0.4) is 0 Å². The maximum Gasteiger partial charge on any atom is 0.283 e. The lowest BCUT2D eigenvalue weighted by Gasteiger charge is -2.09. The summed E-state index contributed by atoms with van der Waals surface area (Å²) in [7, 11) is 0. The lowest BCUT2D eigenvalue weighted by Crippen LogP contribution is -1.96. The third kappa shape index (κ3) is 5.91. The number of rotatable bonds is 6. The first-order valence-corrected chi connectivity index (χ1v) is 11.3. The molecule has 184 valence electrons. The molecule has 0 heterocycles. The molecule has 0 fully saturated rings. The van der Waals surface area contributed by atoms with E-state index in [1.54, 1.807) is 0 Å². The summed E-state index contributed by atoms with van der Waals surface area (Å²) in [5.41, 5.74) is 0.787. The zero-order chi connectivity index (χ0) is 26.4. The van der Waals surface area contributed by atoms with Gasteiger partial charge in [0.2, 0.25) is 0 Å². The van der Waals surface area contributed by atoms with Crippen LogP contribution in [0.5, 0.6) is 0 Å². The molecule has 0 spiro atoms. The van der Waals surface area contributed by atoms with Gasteiger partial charge in [0.15, 0.2) is 0 Å². The Morgan fingerprint density at radius 1 is 0.486 bits per heavy atom. The molecule has 0 aromatic heterocycles. The van der Waals surface area contributed by atoms with Crippen molar-refractivity contribution in [3.63, 3.8) is 0 Å². The molecular formula is C28H21N3O6. The summed E-state index contributed by atoms with van der Waals surface area (Å²) < 4.78 is 0. The van der Waals surface area contributed by atoms with E-state index < -0.39 is 31.8 Å². The maximum atomic E-state index is 10.3. The average Bonchev–Trinajstić information content (AvgIpc) is 2.92. The SMILES string of the molecule is O=[N+]([O-])c1cc([N+](=O)[O-])cc([N+](=O)[O-])c1.c1ccc(CCc2cccc3c2ccc2ccccc23)cc1. The van der Waals surface area contributed by atoms with Gasteiger partial charge in [-0.3, -0.25) is 30.3 Å². The summed E-state index contributed by atoms with van der Waals surface area (Å²) in [6.07, 6.45) is 2.17. The first kappa shape index (κ1) is 24.9. The molecule has 0 unspecified atom stereocenters. The first-order chi connectivity index (χ1) is 17.8. The minimum absolute atomic E-state index is 0.660. The van der Waals surface area contributed by atoms with Crippen LogP contribution in [-0.2, 0) is 12.8 Å². The summed E-state index contributed by atoms with van der Waals surface area (Å²) in [4.78, 5) is 28.1. The zero-order valence-corrected chi connectivity index (χ0v) is 19.5. The van der Waals surface area contributed by atoms with Crippen molar-refractivity contribution in [2.45, 2.75) is 12.8 Å². The number of nitro groups is 3. The van der Waals surface area contributed by atoms with E-state index in [4.69, 9.17) is 0 Å². The van der Waals surface area contributed by atoms with E-state index in [9.17, 15) is 30.3 Å². The second-order valence-corrected chi connectivity index (χ2v) is 8.26. The number of nitro benzene ring substituents is 3. The van der Waals surface area contributed by atoms with E-state index >= 15 is 0 Å². The average molecular weight is 495 g/mol. The van der Waals surface area contributed by atoms with Crippen LogP contribution in [0, 0.1) is 30.3 Å². The largest absolute Gasteiger partial charge is 0.283 e. The Morgan fingerprint density at radius 2 is 1.03 bits per heavy atom. The Kier molecular flexibility index (Phi) is 7.44. The molecule has 5 aromatic carbocycles. The van der Waals surface area contributed by atoms with Crippen molar-refractivity contribution in [2.24, 2.45) is 0 Å². The molecule has 5 rings (SSSR count). The fourth-order valence-corrected chi connectivity index (χ4v) is 4.14. The highest BCUT2D eigenvalue weighted by molar-refractivity contribution is 6.08. The van der Waals surface area contributed by atoms with Gasteiger partial charge in [-0.15, -0.1) is 0 Å². The molecule has 9 nitrogen and oxygen atoms in total. The number of nitrogens with zero attached hydrogens (tertiary/aromatic N) is 3. The molecule has 0 radical (unpaired) electrons. The minimum atomic E-state index is -0.931. The van der Waals surface area contributed by atoms with Crippen LogP contribution in [0.25, 0.3) is 21.5 Å². The highest BCUT2D eigenvalue weighted by Gasteiger charge is 2.21. The Hall–Kier alpha value is -5.18. The van der Waals surface area contributed by atoms with Gasteiger partial charge in [0.1, 0.15) is 0 Å². The third-order valence-corrected chi connectivity index (χ3v) is 5.92. The first-order valence-electron chi connectivity index (χ1n) is 11.3. The summed E-state index contributed by atoms with van der Waals surface area (Å²) in [5, 5.41) is 36.3. The van der Waals surface area contributed by atoms with E-state index in [2.05, 4.69) is 84.9 Å². The van der Waals surface area contributed by atoms with Gasteiger partial charge in [-0.05, 0) is 45.5 Å². The molecular weight excluding hydrogens is 474 g/mol. The molecule has 0 amide bonds. The Balaban J connectivity index is 0.000000188. The predicted octanol–water partition coefficient (Wildman–Crippen LogP) is 7.19. The smallest absolute Gasteiger partial charge is 0.258 e. The molecule has 0 atom stereocenters. The quantitative estimate of drug-likeness (QED) is 0.139. The number of non-ortho nitro benzene ring substituents is 3. The monoisotopic (exact) mass is 495 g/mol. The van der Waals surface area contributed by atoms with Crippen molar-refractivity contribution in [2.75, 3.05) is 0 Å². The van der Waals surface area contributed by atoms with Crippen molar-refractivity contribution < 1.29 is 14.8 Å². The van der Waals surface area contributed by atoms with Crippen LogP contribution in [0.15, 0.2) is 103 Å². The number of hydrogen-bond donors (Lipinski definition) is 0. The minimum Gasteiger partial charge on any atom is -0.258 e. The fraction of sp³-hybridized carbons (Fsp3) is 0.0714. The van der Waals surface area contributed by atoms with Crippen molar-refractivity contribution >= 4 is 38.6 Å². The summed E-state index contributed by atoms with van der Waals surface area (Å²) >= 11 is 0. The number of hydrogen-bond acceptors (Lipinski definition) is 6. The van der Waals surface area contributed by atoms with E-state index in [1.165, 1.54) is 32.7 Å². The van der Waals surface area contributed by atoms with Gasteiger partial charge in [0.05, 0.1) is 33.0 Å². The van der Waals surface area contributed by atoms with E-state index in [-0.39, 0.29) is 0 Å². The van der Waals surface area contributed by atoms with Crippen LogP contribution in [-0.4, -0.2) is 14.8 Å². The van der Waals surface area contributed by atoms with Crippen molar-refractivity contribution in [3.8, 4) is 0 Å². The zero-order valence-electron chi connectivity index (χ0n) is 19.5. The lowest BCUT2D eigenvalue weighted by molar-refractivity contribution is -0.403. The van der Waals surface area contributed by atoms with Gasteiger partial charge < -0.3 is 0 Å². The van der Waals surface area contributed by atoms with Crippen LogP contribution >= 0.6 is 0 Å². The molecule has 0 bridgehead atoms. The van der Waals surface area contributed by atoms with Crippen LogP contribution in [0.1, 0.15) is 11.1 Å². The molecule has 0 saturated heterocycles. The molecule has 0 aliphatic heterocycles. The Labute approximate surface area is 211 Å². The van der Waals surface area contributed by atoms with Crippen molar-refractivity contribution in [1.29, 1.82) is 0 Å². The highest BCUT2D eigenvalue weighted by atomic mass is 16.6. The normalized spacial score (nSPS) is 10.5. The van der Waals surface area contributed by atoms with Gasteiger partial charge in [-0.2, -0.15) is 0 Å². The molecule has 0 aliphatic carbocycles. The number of aryl methyl sites for hydroxylation is 2. The van der Waals surface area contributed by atoms with E-state index in [0.29, 0.717) is 18.2 Å². The standard InChI is InChI=1S/C22H18.C6H3N3O6/c1-2-7-17(8-3-1)13-14-19-10-6-12-22-20-11-5-4-9-18(20)15-16-21(19)22;10-7(11)4-1-5(8(12)13)3-6(2-4)9(14)15/h1-12,15-16H,13-14H2;1-3H. The summed E-state index contributed by atoms with van der Waals surface area (Å²) in [6, 6.07) is 32.6. The predicted molar refractivity (Wildman–Crippen MR) is 142 cm³/mol. The van der Waals surface area contributed by atoms with Gasteiger partial charge in [-0.1, -0.05) is 84.9 Å². The van der Waals surface area contributed by atoms with Crippen LogP contribution < -0.4 is 0 Å². The third-order valence-electron chi connectivity index (χ3n) is 5.92. The molecule has 0 aliphatic rings. The van der Waals surface area contributed by atoms with Gasteiger partial charge in [0, 0.05) is 0 Å². The molecule has 9 heteroatoms. The number of benzene rings is 5. The Bertz CT molecular complexity index is 1540. The summed E-state index contributed by atoms with van der Waals surface area (Å²) in [6.45, 7) is 0. The van der Waals surface area contributed by atoms with Gasteiger partial charge in [-0.25, -0.2) is 0 Å².